The number of hydrogen-bond donors (Lipinski definition) is 0. The Bertz CT molecular complexity index is 524. The van der Waals surface area contributed by atoms with E-state index in [4.69, 9.17) is 0 Å². The van der Waals surface area contributed by atoms with Crippen LogP contribution in [0.1, 0.15) is 18.9 Å². The molecule has 0 unspecified atom stereocenters. The van der Waals surface area contributed by atoms with Crippen molar-refractivity contribution in [3.8, 4) is 0 Å². The normalized spacial score (nSPS) is 13.9. The van der Waals surface area contributed by atoms with Gasteiger partial charge in [0, 0.05) is 26.2 Å². The third-order valence-electron chi connectivity index (χ3n) is 3.57. The van der Waals surface area contributed by atoms with Crippen LogP contribution in [0.2, 0.25) is 6.32 Å². The maximum atomic E-state index is 2.38. The molecule has 0 N–H and O–H groups in total. The van der Waals surface area contributed by atoms with Crippen LogP contribution in [-0.2, 0) is 26.2 Å². The van der Waals surface area contributed by atoms with E-state index in [1.54, 1.807) is 0 Å². The summed E-state index contributed by atoms with van der Waals surface area (Å²) in [5, 5.41) is 0. The first kappa shape index (κ1) is 22.5. The van der Waals surface area contributed by atoms with Gasteiger partial charge >= 0.3 is 0 Å². The summed E-state index contributed by atoms with van der Waals surface area (Å²) in [6.45, 7) is 2.88. The number of fused-ring (bicyclic) bond motifs is 2. The second-order valence-electron chi connectivity index (χ2n) is 4.49. The second kappa shape index (κ2) is 10.1. The van der Waals surface area contributed by atoms with E-state index in [0.29, 0.717) is 6.71 Å². The Labute approximate surface area is 159 Å². The number of rotatable bonds is 1. The Kier molecular flexibility index (Phi) is 11.3. The fourth-order valence-electron chi connectivity index (χ4n) is 2.81. The zero-order chi connectivity index (χ0) is 11.0. The van der Waals surface area contributed by atoms with Crippen LogP contribution < -0.4 is 5.46 Å². The number of halogens is 3. The fraction of sp³-hybridized carbons (Fsp3) is 0.200. The van der Waals surface area contributed by atoms with Crippen molar-refractivity contribution >= 4 is 55.5 Å². The van der Waals surface area contributed by atoms with E-state index >= 15 is 0 Å². The quantitative estimate of drug-likeness (QED) is 0.603. The van der Waals surface area contributed by atoms with Gasteiger partial charge in [0.1, 0.15) is 0 Å². The minimum atomic E-state index is 0. The van der Waals surface area contributed by atoms with Crippen molar-refractivity contribution in [2.24, 2.45) is 0 Å². The average molecular weight is 407 g/mol. The summed E-state index contributed by atoms with van der Waals surface area (Å²) in [7, 11) is 0. The van der Waals surface area contributed by atoms with Crippen molar-refractivity contribution in [1.82, 2.24) is 0 Å². The van der Waals surface area contributed by atoms with Gasteiger partial charge in [-0.25, -0.2) is 0 Å². The van der Waals surface area contributed by atoms with Crippen LogP contribution in [-0.4, -0.2) is 6.71 Å². The molecule has 0 aromatic heterocycles. The van der Waals surface area contributed by atoms with Gasteiger partial charge < -0.3 is 0 Å². The summed E-state index contributed by atoms with van der Waals surface area (Å²) < 4.78 is 0. The van der Waals surface area contributed by atoms with Crippen LogP contribution >= 0.6 is 37.2 Å². The van der Waals surface area contributed by atoms with Gasteiger partial charge in [-0.2, -0.15) is 0 Å². The van der Waals surface area contributed by atoms with Gasteiger partial charge in [0.25, 0.3) is 0 Å². The second-order valence-corrected chi connectivity index (χ2v) is 4.49. The van der Waals surface area contributed by atoms with Gasteiger partial charge in [-0.05, 0) is 23.6 Å². The third-order valence-corrected chi connectivity index (χ3v) is 3.57. The monoisotopic (exact) mass is 404 g/mol. The maximum Gasteiger partial charge on any atom is 0.210 e. The van der Waals surface area contributed by atoms with Crippen molar-refractivity contribution in [3.05, 3.63) is 59.1 Å². The number of benzene rings is 1. The molecule has 0 spiro atoms. The zero-order valence-corrected chi connectivity index (χ0v) is 16.2. The molecule has 1 aromatic rings. The van der Waals surface area contributed by atoms with Gasteiger partial charge in [-0.3, -0.25) is 0 Å². The Morgan fingerprint density at radius 2 is 1.80 bits per heavy atom. The minimum absolute atomic E-state index is 0. The third kappa shape index (κ3) is 4.14. The van der Waals surface area contributed by atoms with Crippen molar-refractivity contribution in [2.75, 3.05) is 0 Å². The van der Waals surface area contributed by atoms with E-state index in [-0.39, 0.29) is 63.4 Å². The topological polar surface area (TPSA) is 0 Å². The van der Waals surface area contributed by atoms with Crippen LogP contribution in [0.4, 0.5) is 0 Å². The van der Waals surface area contributed by atoms with Gasteiger partial charge in [0.2, 0.25) is 6.71 Å². The first-order chi connectivity index (χ1) is 7.90. The molecule has 0 saturated heterocycles. The standard InChI is InChI=1S/C15H15B.3ClH.Zr/c1-2-16-14-9-5-3-7-12(14)11-13-8-4-6-10-15(13)16;;;;/h3-5,7-11H,2,6H2,1H3;3*1H;. The van der Waals surface area contributed by atoms with Crippen molar-refractivity contribution in [3.63, 3.8) is 0 Å². The molecule has 0 fully saturated rings. The van der Waals surface area contributed by atoms with Gasteiger partial charge in [0.05, 0.1) is 0 Å². The minimum Gasteiger partial charge on any atom is -0.147 e. The molecule has 1 heterocycles. The summed E-state index contributed by atoms with van der Waals surface area (Å²) in [6.07, 6.45) is 11.5. The molecular weight excluding hydrogens is 389 g/mol. The van der Waals surface area contributed by atoms with E-state index in [1.807, 2.05) is 0 Å². The molecule has 0 atom stereocenters. The Balaban J connectivity index is 0. The van der Waals surface area contributed by atoms with Crippen molar-refractivity contribution in [2.45, 2.75) is 19.7 Å². The summed E-state index contributed by atoms with van der Waals surface area (Å²) >= 11 is 0. The molecule has 20 heavy (non-hydrogen) atoms. The van der Waals surface area contributed by atoms with E-state index in [1.165, 1.54) is 28.4 Å². The van der Waals surface area contributed by atoms with Crippen molar-refractivity contribution < 1.29 is 26.2 Å². The molecule has 1 aromatic carbocycles. The summed E-state index contributed by atoms with van der Waals surface area (Å²) in [5.74, 6) is 0. The van der Waals surface area contributed by atoms with Crippen LogP contribution in [0.25, 0.3) is 6.08 Å². The van der Waals surface area contributed by atoms with Crippen LogP contribution in [0.3, 0.4) is 0 Å². The van der Waals surface area contributed by atoms with Gasteiger partial charge in [-0.1, -0.05) is 66.7 Å². The first-order valence-corrected chi connectivity index (χ1v) is 6.07. The van der Waals surface area contributed by atoms with Crippen LogP contribution in [0.5, 0.6) is 0 Å². The molecule has 1 aliphatic carbocycles. The Morgan fingerprint density at radius 1 is 1.10 bits per heavy atom. The van der Waals surface area contributed by atoms with Crippen LogP contribution in [0.15, 0.2) is 53.5 Å². The molecule has 0 nitrogen and oxygen atoms in total. The van der Waals surface area contributed by atoms with E-state index in [0.717, 1.165) is 6.42 Å². The molecule has 0 saturated carbocycles. The SMILES string of the molecule is CCB1C2=CCC=CC2=Cc2ccccc21.Cl.Cl.Cl.[Zr]. The fourth-order valence-corrected chi connectivity index (χ4v) is 2.81. The van der Waals surface area contributed by atoms with Crippen LogP contribution in [0, 0.1) is 0 Å². The molecule has 3 rings (SSSR count). The Morgan fingerprint density at radius 3 is 2.50 bits per heavy atom. The number of hydrogen-bond acceptors (Lipinski definition) is 0. The average Bonchev–Trinajstić information content (AvgIpc) is 2.36. The summed E-state index contributed by atoms with van der Waals surface area (Å²) in [6, 6.07) is 8.78. The summed E-state index contributed by atoms with van der Waals surface area (Å²) in [4.78, 5) is 0. The first-order valence-electron chi connectivity index (χ1n) is 6.07. The molecule has 0 bridgehead atoms. The predicted molar refractivity (Wildman–Crippen MR) is 93.9 cm³/mol. The molecule has 5 heteroatoms. The molecule has 2 aliphatic rings. The van der Waals surface area contributed by atoms with E-state index in [2.05, 4.69) is 55.5 Å². The molecule has 106 valence electrons. The molecule has 0 amide bonds. The Hall–Kier alpha value is 0.258. The van der Waals surface area contributed by atoms with Gasteiger partial charge in [0.15, 0.2) is 0 Å². The van der Waals surface area contributed by atoms with Gasteiger partial charge in [-0.15, -0.1) is 37.2 Å². The largest absolute Gasteiger partial charge is 0.210 e. The van der Waals surface area contributed by atoms with E-state index in [9.17, 15) is 0 Å². The zero-order valence-electron chi connectivity index (χ0n) is 11.3. The summed E-state index contributed by atoms with van der Waals surface area (Å²) in [5.41, 5.74) is 5.84. The molecular formula is C15H18BCl3Zr. The number of allylic oxidation sites excluding steroid dienone is 5. The van der Waals surface area contributed by atoms with E-state index < -0.39 is 0 Å². The smallest absolute Gasteiger partial charge is 0.147 e. The maximum absolute atomic E-state index is 2.38. The predicted octanol–water partition coefficient (Wildman–Crippen LogP) is 4.49. The molecule has 0 radical (unpaired) electrons. The van der Waals surface area contributed by atoms with Crippen molar-refractivity contribution in [1.29, 1.82) is 0 Å². The molecule has 1 aliphatic heterocycles.